The summed E-state index contributed by atoms with van der Waals surface area (Å²) in [6.07, 6.45) is 35.6. The summed E-state index contributed by atoms with van der Waals surface area (Å²) >= 11 is 0. The van der Waals surface area contributed by atoms with Crippen molar-refractivity contribution < 1.29 is 50.1 Å². The van der Waals surface area contributed by atoms with Crippen molar-refractivity contribution in [3.05, 3.63) is 24.3 Å². The zero-order valence-electron chi connectivity index (χ0n) is 34.0. The molecule has 53 heavy (non-hydrogen) atoms. The fourth-order valence-electron chi connectivity index (χ4n) is 5.46. The molecule has 10 nitrogen and oxygen atoms in total. The molecule has 0 aliphatic rings. The molecule has 7 N–H and O–H groups in total. The summed E-state index contributed by atoms with van der Waals surface area (Å²) in [5, 5.41) is 61.3. The number of ketones is 1. The summed E-state index contributed by atoms with van der Waals surface area (Å²) in [7, 11) is 0. The lowest BCUT2D eigenvalue weighted by molar-refractivity contribution is -0.145. The molecule has 0 heterocycles. The van der Waals surface area contributed by atoms with Crippen LogP contribution in [0.1, 0.15) is 201 Å². The zero-order chi connectivity index (χ0) is 40.4. The normalized spacial score (nSPS) is 13.5. The molecule has 0 aromatic rings. The van der Waals surface area contributed by atoms with E-state index in [2.05, 4.69) is 38.2 Å². The molecule has 0 spiro atoms. The third-order valence-electron chi connectivity index (χ3n) is 8.98. The van der Waals surface area contributed by atoms with Gasteiger partial charge in [-0.05, 0) is 71.1 Å². The van der Waals surface area contributed by atoms with E-state index >= 15 is 0 Å². The van der Waals surface area contributed by atoms with Crippen LogP contribution in [0.4, 0.5) is 0 Å². The van der Waals surface area contributed by atoms with Gasteiger partial charge in [0.15, 0.2) is 5.78 Å². The van der Waals surface area contributed by atoms with E-state index in [9.17, 15) is 14.4 Å². The molecule has 0 radical (unpaired) electrons. The minimum Gasteiger partial charge on any atom is -0.481 e. The van der Waals surface area contributed by atoms with Crippen molar-refractivity contribution in [1.82, 2.24) is 0 Å². The topological polar surface area (TPSA) is 193 Å². The van der Waals surface area contributed by atoms with Gasteiger partial charge in [0, 0.05) is 12.8 Å². The molecular formula is C43H82O10. The van der Waals surface area contributed by atoms with E-state index in [1.807, 2.05) is 0 Å². The number of carbonyl (C=O) groups is 3. The van der Waals surface area contributed by atoms with Crippen LogP contribution >= 0.6 is 0 Å². The molecule has 0 aromatic carbocycles. The van der Waals surface area contributed by atoms with E-state index in [0.29, 0.717) is 12.8 Å². The highest BCUT2D eigenvalue weighted by molar-refractivity contribution is 5.80. The van der Waals surface area contributed by atoms with Crippen LogP contribution in [0.15, 0.2) is 24.3 Å². The summed E-state index contributed by atoms with van der Waals surface area (Å²) in [5.41, 5.74) is 0. The number of aliphatic hydroxyl groups excluding tert-OH is 5. The maximum Gasteiger partial charge on any atom is 0.303 e. The zero-order valence-corrected chi connectivity index (χ0v) is 34.0. The first kappa shape index (κ1) is 55.2. The molecule has 0 rings (SSSR count). The highest BCUT2D eigenvalue weighted by Gasteiger charge is 2.32. The highest BCUT2D eigenvalue weighted by atomic mass is 16.4. The van der Waals surface area contributed by atoms with Gasteiger partial charge < -0.3 is 35.7 Å². The average molecular weight is 759 g/mol. The number of aliphatic hydroxyl groups is 5. The summed E-state index contributed by atoms with van der Waals surface area (Å²) in [6.45, 7) is 4.79. The van der Waals surface area contributed by atoms with E-state index in [0.717, 1.165) is 32.6 Å². The first-order valence-corrected chi connectivity index (χ1v) is 21.0. The van der Waals surface area contributed by atoms with Gasteiger partial charge in [-0.1, -0.05) is 141 Å². The van der Waals surface area contributed by atoms with Crippen LogP contribution in [-0.2, 0) is 14.4 Å². The van der Waals surface area contributed by atoms with Gasteiger partial charge in [0.25, 0.3) is 0 Å². The van der Waals surface area contributed by atoms with Gasteiger partial charge in [-0.2, -0.15) is 0 Å². The lowest BCUT2D eigenvalue weighted by Crippen LogP contribution is -2.48. The Balaban J connectivity index is -0.000000726. The van der Waals surface area contributed by atoms with Crippen molar-refractivity contribution in [1.29, 1.82) is 0 Å². The number of Topliss-reactive ketones (excluding diaryl/α,β-unsaturated/α-hetero) is 1. The van der Waals surface area contributed by atoms with Gasteiger partial charge in [-0.25, -0.2) is 0 Å². The molecule has 0 fully saturated rings. The molecule has 0 aliphatic carbocycles. The van der Waals surface area contributed by atoms with Crippen LogP contribution in [0.25, 0.3) is 0 Å². The van der Waals surface area contributed by atoms with E-state index in [4.69, 9.17) is 35.7 Å². The van der Waals surface area contributed by atoms with Crippen molar-refractivity contribution in [3.63, 3.8) is 0 Å². The van der Waals surface area contributed by atoms with Crippen LogP contribution < -0.4 is 0 Å². The molecule has 0 aliphatic heterocycles. The Bertz CT molecular complexity index is 810. The van der Waals surface area contributed by atoms with Crippen molar-refractivity contribution in [2.45, 2.75) is 225 Å². The standard InChI is InChI=1S/2C18H34O2.C7H14O6/c2*1-2-3-4-5-6-7-8-9-10-11-12-13-14-15-16-17-18(19)20;1-3(9)5(11)7(13)6(12)4(10)2-8/h2*9-10H,2-8,11-17H2,1H3,(H,19,20);4-8,10-13H,2H2,1H3/b2*10-9-;/t;;4-,5+,6-,7-/m..1/s1. The first-order chi connectivity index (χ1) is 25.5. The number of carboxylic acids is 2. The second-order valence-electron chi connectivity index (χ2n) is 14.2. The monoisotopic (exact) mass is 759 g/mol. The molecule has 0 amide bonds. The van der Waals surface area contributed by atoms with Gasteiger partial charge in [0.2, 0.25) is 0 Å². The van der Waals surface area contributed by atoms with Crippen molar-refractivity contribution in [2.75, 3.05) is 6.61 Å². The maximum atomic E-state index is 10.5. The molecule has 0 bridgehead atoms. The minimum atomic E-state index is -1.79. The van der Waals surface area contributed by atoms with E-state index in [-0.39, 0.29) is 0 Å². The SMILES string of the molecule is CC(=O)[C@H](O)[C@@H](O)[C@H](O)[C@H](O)CO.CCCCCCCC/C=C\CCCCCCCC(=O)O.CCCCCCCC/C=C\CCCCCCCC(=O)O. The number of hydrogen-bond donors (Lipinski definition) is 7. The number of hydrogen-bond acceptors (Lipinski definition) is 8. The predicted octanol–water partition coefficient (Wildman–Crippen LogP) is 9.23. The van der Waals surface area contributed by atoms with Crippen LogP contribution in [0.2, 0.25) is 0 Å². The summed E-state index contributed by atoms with van der Waals surface area (Å²) in [6, 6.07) is 0. The quantitative estimate of drug-likeness (QED) is 0.0242. The number of unbranched alkanes of at least 4 members (excludes halogenated alkanes) is 22. The summed E-state index contributed by atoms with van der Waals surface area (Å²) < 4.78 is 0. The maximum absolute atomic E-state index is 10.5. The van der Waals surface area contributed by atoms with Crippen LogP contribution in [0.3, 0.4) is 0 Å². The average Bonchev–Trinajstić information content (AvgIpc) is 3.13. The number of aliphatic carboxylic acids is 2. The Kier molecular flexibility index (Phi) is 46.2. The van der Waals surface area contributed by atoms with Gasteiger partial charge in [0.05, 0.1) is 6.61 Å². The fourth-order valence-corrected chi connectivity index (χ4v) is 5.46. The van der Waals surface area contributed by atoms with Crippen molar-refractivity contribution in [3.8, 4) is 0 Å². The molecular weight excluding hydrogens is 676 g/mol. The summed E-state index contributed by atoms with van der Waals surface area (Å²) in [4.78, 5) is 31.2. The van der Waals surface area contributed by atoms with E-state index in [1.165, 1.54) is 141 Å². The van der Waals surface area contributed by atoms with E-state index in [1.54, 1.807) is 0 Å². The number of rotatable bonds is 35. The van der Waals surface area contributed by atoms with Gasteiger partial charge in [-0.15, -0.1) is 0 Å². The number of carbonyl (C=O) groups excluding carboxylic acids is 1. The Morgan fingerprint density at radius 3 is 1.00 bits per heavy atom. The van der Waals surface area contributed by atoms with Crippen molar-refractivity contribution >= 4 is 17.7 Å². The Morgan fingerprint density at radius 1 is 0.453 bits per heavy atom. The number of carboxylic acid groups (broad SMARTS) is 2. The first-order valence-electron chi connectivity index (χ1n) is 21.0. The van der Waals surface area contributed by atoms with Crippen LogP contribution in [0.5, 0.6) is 0 Å². The molecule has 0 saturated heterocycles. The predicted molar refractivity (Wildman–Crippen MR) is 216 cm³/mol. The molecule has 0 saturated carbocycles. The number of allylic oxidation sites excluding steroid dienone is 4. The molecule has 10 heteroatoms. The Labute approximate surface area is 323 Å². The largest absolute Gasteiger partial charge is 0.481 e. The fraction of sp³-hybridized carbons (Fsp3) is 0.837. The minimum absolute atomic E-state index is 0.332. The van der Waals surface area contributed by atoms with Gasteiger partial charge >= 0.3 is 11.9 Å². The van der Waals surface area contributed by atoms with Gasteiger partial charge in [0.1, 0.15) is 24.4 Å². The molecule has 314 valence electrons. The van der Waals surface area contributed by atoms with E-state index < -0.39 is 48.7 Å². The smallest absolute Gasteiger partial charge is 0.303 e. The third kappa shape index (κ3) is 46.0. The van der Waals surface area contributed by atoms with Crippen LogP contribution in [-0.4, -0.2) is 84.5 Å². The molecule has 4 atom stereocenters. The van der Waals surface area contributed by atoms with Crippen molar-refractivity contribution in [2.24, 2.45) is 0 Å². The van der Waals surface area contributed by atoms with Crippen LogP contribution in [0, 0.1) is 0 Å². The highest BCUT2D eigenvalue weighted by Crippen LogP contribution is 2.12. The summed E-state index contributed by atoms with van der Waals surface area (Å²) in [5.74, 6) is -2.05. The Hall–Kier alpha value is -2.11. The Morgan fingerprint density at radius 2 is 0.736 bits per heavy atom. The van der Waals surface area contributed by atoms with Gasteiger partial charge in [-0.3, -0.25) is 14.4 Å². The lowest BCUT2D eigenvalue weighted by atomic mass is 10.0. The second-order valence-corrected chi connectivity index (χ2v) is 14.2. The molecule has 0 unspecified atom stereocenters. The second kappa shape index (κ2) is 44.3. The lowest BCUT2D eigenvalue weighted by Gasteiger charge is -2.23. The molecule has 0 aromatic heterocycles. The third-order valence-corrected chi connectivity index (χ3v) is 8.98.